The number of aromatic nitrogens is 1. The van der Waals surface area contributed by atoms with Crippen LogP contribution in [0.15, 0.2) is 23.9 Å². The molecule has 0 unspecified atom stereocenters. The van der Waals surface area contributed by atoms with Crippen LogP contribution in [0.1, 0.15) is 72.5 Å². The van der Waals surface area contributed by atoms with E-state index in [9.17, 15) is 9.90 Å². The van der Waals surface area contributed by atoms with Crippen molar-refractivity contribution in [2.45, 2.75) is 57.4 Å². The van der Waals surface area contributed by atoms with E-state index in [0.717, 1.165) is 31.6 Å². The van der Waals surface area contributed by atoms with Crippen molar-refractivity contribution >= 4 is 22.6 Å². The topological polar surface area (TPSA) is 66.3 Å². The molecule has 1 aromatic heterocycles. The first-order valence-electron chi connectivity index (χ1n) is 9.85. The Balaban J connectivity index is 1.80. The standard InChI is InChI=1S/C21H25N3O2/c25-21(26)14-8-9-15-17(11-14)24-10-4-7-16-19(23-12-22-16)20(24)18(15)13-5-2-1-3-6-13/h8-9,11,13,22-23H,1-7,10,12H2,(H,25,26). The fourth-order valence-corrected chi connectivity index (χ4v) is 5.10. The van der Waals surface area contributed by atoms with Crippen molar-refractivity contribution in [2.75, 3.05) is 6.67 Å². The van der Waals surface area contributed by atoms with Crippen LogP contribution in [0.3, 0.4) is 0 Å². The number of hydrogen-bond donors (Lipinski definition) is 3. The van der Waals surface area contributed by atoms with Gasteiger partial charge in [0.15, 0.2) is 0 Å². The van der Waals surface area contributed by atoms with Gasteiger partial charge in [-0.05, 0) is 49.3 Å². The van der Waals surface area contributed by atoms with E-state index in [1.54, 1.807) is 6.07 Å². The SMILES string of the molecule is O=C(O)c1ccc2c(C3CCCCC3)c3n(c2c1)CCCC1=C3NCN1. The number of carboxylic acid groups (broad SMARTS) is 1. The van der Waals surface area contributed by atoms with Crippen LogP contribution in [-0.4, -0.2) is 22.3 Å². The Morgan fingerprint density at radius 3 is 2.77 bits per heavy atom. The summed E-state index contributed by atoms with van der Waals surface area (Å²) in [7, 11) is 0. The second-order valence-corrected chi connectivity index (χ2v) is 7.77. The van der Waals surface area contributed by atoms with Crippen LogP contribution in [0.2, 0.25) is 0 Å². The molecule has 0 radical (unpaired) electrons. The highest BCUT2D eigenvalue weighted by molar-refractivity contribution is 5.97. The van der Waals surface area contributed by atoms with Gasteiger partial charge in [0.1, 0.15) is 0 Å². The van der Waals surface area contributed by atoms with Crippen molar-refractivity contribution in [3.63, 3.8) is 0 Å². The number of hydrogen-bond acceptors (Lipinski definition) is 3. The number of carbonyl (C=O) groups is 1. The van der Waals surface area contributed by atoms with Crippen LogP contribution in [0.25, 0.3) is 16.6 Å². The first kappa shape index (κ1) is 15.8. The molecular formula is C21H25N3O2. The van der Waals surface area contributed by atoms with E-state index >= 15 is 0 Å². The fraction of sp³-hybridized carbons (Fsp3) is 0.476. The quantitative estimate of drug-likeness (QED) is 0.765. The number of aromatic carboxylic acids is 1. The van der Waals surface area contributed by atoms with E-state index in [2.05, 4.69) is 15.2 Å². The fourth-order valence-electron chi connectivity index (χ4n) is 5.10. The lowest BCUT2D eigenvalue weighted by Gasteiger charge is -2.23. The summed E-state index contributed by atoms with van der Waals surface area (Å²) in [6.45, 7) is 1.73. The summed E-state index contributed by atoms with van der Waals surface area (Å²) >= 11 is 0. The van der Waals surface area contributed by atoms with E-state index in [4.69, 9.17) is 0 Å². The van der Waals surface area contributed by atoms with E-state index in [-0.39, 0.29) is 0 Å². The summed E-state index contributed by atoms with van der Waals surface area (Å²) in [5.41, 5.74) is 6.79. The minimum absolute atomic E-state index is 0.379. The highest BCUT2D eigenvalue weighted by Crippen LogP contribution is 2.44. The Labute approximate surface area is 153 Å². The summed E-state index contributed by atoms with van der Waals surface area (Å²) in [6, 6.07) is 5.70. The molecule has 0 saturated heterocycles. The van der Waals surface area contributed by atoms with Crippen molar-refractivity contribution in [3.8, 4) is 0 Å². The number of carboxylic acids is 1. The van der Waals surface area contributed by atoms with Crippen LogP contribution in [0.5, 0.6) is 0 Å². The lowest BCUT2D eigenvalue weighted by atomic mass is 9.82. The Hall–Kier alpha value is -2.43. The molecule has 0 bridgehead atoms. The van der Waals surface area contributed by atoms with Crippen molar-refractivity contribution in [1.29, 1.82) is 0 Å². The van der Waals surface area contributed by atoms with Crippen LogP contribution in [0.4, 0.5) is 0 Å². The van der Waals surface area contributed by atoms with Gasteiger partial charge in [-0.1, -0.05) is 25.3 Å². The number of aryl methyl sites for hydroxylation is 1. The Kier molecular flexibility index (Phi) is 3.69. The highest BCUT2D eigenvalue weighted by Gasteiger charge is 2.31. The van der Waals surface area contributed by atoms with E-state index in [0.29, 0.717) is 11.5 Å². The van der Waals surface area contributed by atoms with Crippen LogP contribution in [-0.2, 0) is 6.54 Å². The molecule has 3 heterocycles. The average Bonchev–Trinajstić information content (AvgIpc) is 3.20. The number of benzene rings is 1. The van der Waals surface area contributed by atoms with Gasteiger partial charge in [-0.25, -0.2) is 4.79 Å². The van der Waals surface area contributed by atoms with Crippen molar-refractivity contribution in [2.24, 2.45) is 0 Å². The zero-order chi connectivity index (χ0) is 17.7. The number of fused-ring (bicyclic) bond motifs is 4. The molecule has 5 rings (SSSR count). The molecule has 2 aromatic rings. The molecule has 1 aromatic carbocycles. The van der Waals surface area contributed by atoms with Crippen molar-refractivity contribution in [1.82, 2.24) is 15.2 Å². The minimum Gasteiger partial charge on any atom is -0.478 e. The van der Waals surface area contributed by atoms with Crippen LogP contribution in [0, 0.1) is 0 Å². The van der Waals surface area contributed by atoms with Crippen molar-refractivity contribution in [3.05, 3.63) is 40.7 Å². The second-order valence-electron chi connectivity index (χ2n) is 7.77. The summed E-state index contributed by atoms with van der Waals surface area (Å²) in [6.07, 6.45) is 8.52. The maximum absolute atomic E-state index is 11.5. The van der Waals surface area contributed by atoms with Gasteiger partial charge in [-0.2, -0.15) is 0 Å². The average molecular weight is 351 g/mol. The molecule has 1 aliphatic carbocycles. The molecule has 5 heteroatoms. The van der Waals surface area contributed by atoms with Gasteiger partial charge < -0.3 is 20.3 Å². The lowest BCUT2D eigenvalue weighted by molar-refractivity contribution is 0.0697. The first-order valence-corrected chi connectivity index (χ1v) is 9.85. The van der Waals surface area contributed by atoms with E-state index < -0.39 is 5.97 Å². The zero-order valence-corrected chi connectivity index (χ0v) is 15.0. The Bertz CT molecular complexity index is 919. The monoisotopic (exact) mass is 351 g/mol. The van der Waals surface area contributed by atoms with Gasteiger partial charge in [-0.15, -0.1) is 0 Å². The van der Waals surface area contributed by atoms with Crippen molar-refractivity contribution < 1.29 is 9.90 Å². The van der Waals surface area contributed by atoms with Gasteiger partial charge in [-0.3, -0.25) is 0 Å². The lowest BCUT2D eigenvalue weighted by Crippen LogP contribution is -2.18. The molecule has 26 heavy (non-hydrogen) atoms. The molecule has 5 nitrogen and oxygen atoms in total. The largest absolute Gasteiger partial charge is 0.478 e. The van der Waals surface area contributed by atoms with E-state index in [1.165, 1.54) is 60.1 Å². The molecule has 3 N–H and O–H groups in total. The van der Waals surface area contributed by atoms with Crippen LogP contribution < -0.4 is 10.6 Å². The summed E-state index contributed by atoms with van der Waals surface area (Å²) in [5, 5.41) is 17.8. The third-order valence-electron chi connectivity index (χ3n) is 6.28. The number of rotatable bonds is 2. The van der Waals surface area contributed by atoms with Gasteiger partial charge in [0.25, 0.3) is 0 Å². The molecule has 1 saturated carbocycles. The van der Waals surface area contributed by atoms with Gasteiger partial charge in [0.2, 0.25) is 0 Å². The van der Waals surface area contributed by atoms with Gasteiger partial charge >= 0.3 is 5.97 Å². The predicted octanol–water partition coefficient (Wildman–Crippen LogP) is 4.00. The molecule has 2 aliphatic heterocycles. The summed E-state index contributed by atoms with van der Waals surface area (Å²) < 4.78 is 2.38. The number of nitrogens with zero attached hydrogens (tertiary/aromatic N) is 1. The minimum atomic E-state index is -0.851. The molecule has 136 valence electrons. The van der Waals surface area contributed by atoms with Gasteiger partial charge in [0, 0.05) is 23.1 Å². The second kappa shape index (κ2) is 6.08. The van der Waals surface area contributed by atoms with Gasteiger partial charge in [0.05, 0.1) is 23.6 Å². The molecule has 0 amide bonds. The Morgan fingerprint density at radius 1 is 1.12 bits per heavy atom. The van der Waals surface area contributed by atoms with E-state index in [1.807, 2.05) is 12.1 Å². The molecule has 0 atom stereocenters. The zero-order valence-electron chi connectivity index (χ0n) is 15.0. The third kappa shape index (κ3) is 2.33. The molecule has 3 aliphatic rings. The highest BCUT2D eigenvalue weighted by atomic mass is 16.4. The summed E-state index contributed by atoms with van der Waals surface area (Å²) in [4.78, 5) is 11.5. The third-order valence-corrected chi connectivity index (χ3v) is 6.28. The smallest absolute Gasteiger partial charge is 0.335 e. The predicted molar refractivity (Wildman–Crippen MR) is 102 cm³/mol. The maximum Gasteiger partial charge on any atom is 0.335 e. The maximum atomic E-state index is 11.5. The normalized spacial score (nSPS) is 20.3. The summed E-state index contributed by atoms with van der Waals surface area (Å²) in [5.74, 6) is -0.275. The number of allylic oxidation sites excluding steroid dienone is 1. The molecular weight excluding hydrogens is 326 g/mol. The van der Waals surface area contributed by atoms with Crippen LogP contribution >= 0.6 is 0 Å². The number of nitrogens with one attached hydrogen (secondary N) is 2. The first-order chi connectivity index (χ1) is 12.7. The molecule has 1 fully saturated rings. The Morgan fingerprint density at radius 2 is 1.96 bits per heavy atom. The molecule has 0 spiro atoms.